The molecule has 0 bridgehead atoms. The number of benzene rings is 1. The normalized spacial score (nSPS) is 14.9. The van der Waals surface area contributed by atoms with Crippen LogP contribution >= 0.6 is 24.5 Å². The summed E-state index contributed by atoms with van der Waals surface area (Å²) >= 11 is 2.94. The summed E-state index contributed by atoms with van der Waals surface area (Å²) in [7, 11) is 0.173. The fourth-order valence-electron chi connectivity index (χ4n) is 3.68. The van der Waals surface area contributed by atoms with Gasteiger partial charge in [-0.3, -0.25) is 4.79 Å². The average molecular weight is 593 g/mol. The highest BCUT2D eigenvalue weighted by atomic mass is 79.9. The van der Waals surface area contributed by atoms with Crippen molar-refractivity contribution in [2.75, 3.05) is 5.83 Å². The Bertz CT molecular complexity index is 794. The molecule has 2 rings (SSSR count). The van der Waals surface area contributed by atoms with Crippen LogP contribution in [-0.2, 0) is 4.79 Å². The summed E-state index contributed by atoms with van der Waals surface area (Å²) in [6.07, 6.45) is 26.4. The molecule has 1 aliphatic carbocycles. The molecule has 4 heteroatoms. The van der Waals surface area contributed by atoms with Gasteiger partial charge in [0.25, 0.3) is 0 Å². The molecule has 37 heavy (non-hydrogen) atoms. The van der Waals surface area contributed by atoms with Gasteiger partial charge in [-0.25, -0.2) is 0 Å². The van der Waals surface area contributed by atoms with E-state index in [1.54, 1.807) is 0 Å². The van der Waals surface area contributed by atoms with Gasteiger partial charge in [0, 0.05) is 6.42 Å². The minimum absolute atomic E-state index is 0.173. The molecule has 2 atom stereocenters. The summed E-state index contributed by atoms with van der Waals surface area (Å²) in [5, 5.41) is 11.3. The molecule has 0 aliphatic heterocycles. The predicted molar refractivity (Wildman–Crippen MR) is 175 cm³/mol. The van der Waals surface area contributed by atoms with Crippen molar-refractivity contribution >= 4 is 35.8 Å². The number of allylic oxidation sites excluding steroid dienone is 9. The smallest absolute Gasteiger partial charge is 0.303 e. The Morgan fingerprint density at radius 1 is 1.05 bits per heavy atom. The second-order valence-corrected chi connectivity index (χ2v) is 10.3. The van der Waals surface area contributed by atoms with E-state index in [1.807, 2.05) is 25.8 Å². The number of alkyl halides is 1. The topological polar surface area (TPSA) is 37.3 Å². The molecular formula is C33H53BrO2P+. The molecule has 2 unspecified atom stereocenters. The Balaban J connectivity index is 0. The van der Waals surface area contributed by atoms with Crippen LogP contribution in [-0.4, -0.2) is 16.9 Å². The molecule has 0 aromatic heterocycles. The summed E-state index contributed by atoms with van der Waals surface area (Å²) < 4.78 is 0. The number of unbranched alkanes of at least 4 members (excludes halogenated alkanes) is 5. The van der Waals surface area contributed by atoms with Gasteiger partial charge in [0.15, 0.2) is 0 Å². The largest absolute Gasteiger partial charge is 0.481 e. The molecule has 1 aliphatic rings. The minimum atomic E-state index is -0.663. The lowest BCUT2D eigenvalue weighted by Crippen LogP contribution is -1.95. The molecule has 208 valence electrons. The number of carboxylic acid groups (broad SMARTS) is 1. The number of aliphatic carboxylic acids is 1. The van der Waals surface area contributed by atoms with Crippen LogP contribution in [0, 0.1) is 5.92 Å². The number of hydrogen-bond acceptors (Lipinski definition) is 1. The third-order valence-electron chi connectivity index (χ3n) is 5.77. The maximum atomic E-state index is 10.3. The van der Waals surface area contributed by atoms with Crippen LogP contribution in [0.4, 0.5) is 0 Å². The molecule has 0 radical (unpaired) electrons. The lowest BCUT2D eigenvalue weighted by Gasteiger charge is -2.10. The van der Waals surface area contributed by atoms with Crippen molar-refractivity contribution in [2.45, 2.75) is 91.9 Å². The van der Waals surface area contributed by atoms with Crippen LogP contribution in [0.3, 0.4) is 0 Å². The number of carbonyl (C=O) groups is 1. The Hall–Kier alpha value is -1.70. The van der Waals surface area contributed by atoms with Crippen molar-refractivity contribution < 1.29 is 9.90 Å². The number of halogens is 1. The van der Waals surface area contributed by atoms with Gasteiger partial charge in [-0.2, -0.15) is 0 Å². The fourth-order valence-corrected chi connectivity index (χ4v) is 4.94. The van der Waals surface area contributed by atoms with Crippen molar-refractivity contribution in [1.82, 2.24) is 0 Å². The first-order valence-electron chi connectivity index (χ1n) is 13.8. The molecule has 0 saturated carbocycles. The Morgan fingerprint density at radius 2 is 1.68 bits per heavy atom. The molecule has 1 aromatic rings. The molecule has 0 spiro atoms. The van der Waals surface area contributed by atoms with E-state index in [0.717, 1.165) is 18.8 Å². The Labute approximate surface area is 239 Å². The van der Waals surface area contributed by atoms with Gasteiger partial charge < -0.3 is 5.11 Å². The highest BCUT2D eigenvalue weighted by Gasteiger charge is 2.05. The molecular weight excluding hydrogens is 539 g/mol. The summed E-state index contributed by atoms with van der Waals surface area (Å²) in [6.45, 7) is 12.0. The van der Waals surface area contributed by atoms with Gasteiger partial charge in [-0.1, -0.05) is 123 Å². The number of carboxylic acids is 1. The number of rotatable bonds is 13. The maximum Gasteiger partial charge on any atom is 0.303 e. The third-order valence-corrected chi connectivity index (χ3v) is 7.22. The van der Waals surface area contributed by atoms with E-state index in [2.05, 4.69) is 103 Å². The summed E-state index contributed by atoms with van der Waals surface area (Å²) in [5.74, 6) is 1.92. The van der Waals surface area contributed by atoms with Gasteiger partial charge in [0.05, 0.1) is 19.2 Å². The van der Waals surface area contributed by atoms with Crippen molar-refractivity contribution in [3.8, 4) is 0 Å². The zero-order valence-electron chi connectivity index (χ0n) is 24.1. The predicted octanol–water partition coefficient (Wildman–Crippen LogP) is 10.5. The van der Waals surface area contributed by atoms with Crippen LogP contribution in [0.15, 0.2) is 90.3 Å². The lowest BCUT2D eigenvalue weighted by molar-refractivity contribution is -0.137. The molecule has 0 heterocycles. The Morgan fingerprint density at radius 3 is 2.27 bits per heavy atom. The lowest BCUT2D eigenvalue weighted by atomic mass is 9.96. The molecule has 1 N–H and O–H groups in total. The van der Waals surface area contributed by atoms with Crippen LogP contribution in [0.2, 0.25) is 0 Å². The Kier molecular flexibility index (Phi) is 29.2. The van der Waals surface area contributed by atoms with Gasteiger partial charge in [-0.05, 0) is 75.6 Å². The average Bonchev–Trinajstić information content (AvgIpc) is 3.21. The first-order chi connectivity index (χ1) is 18.0. The summed E-state index contributed by atoms with van der Waals surface area (Å²) in [5.41, 5.74) is 1.30. The molecule has 0 saturated heterocycles. The first kappa shape index (κ1) is 37.5. The van der Waals surface area contributed by atoms with Crippen LogP contribution in [0.25, 0.3) is 0 Å². The first-order valence-corrected chi connectivity index (χ1v) is 16.6. The highest BCUT2D eigenvalue weighted by molar-refractivity contribution is 9.08. The quantitative estimate of drug-likeness (QED) is 0.107. The van der Waals surface area contributed by atoms with Gasteiger partial charge >= 0.3 is 5.97 Å². The van der Waals surface area contributed by atoms with Gasteiger partial charge in [-0.15, -0.1) is 0 Å². The van der Waals surface area contributed by atoms with Crippen molar-refractivity contribution in [3.05, 3.63) is 90.3 Å². The second-order valence-electron chi connectivity index (χ2n) is 8.64. The van der Waals surface area contributed by atoms with E-state index in [-0.39, 0.29) is 8.58 Å². The van der Waals surface area contributed by atoms with E-state index in [9.17, 15) is 4.79 Å². The van der Waals surface area contributed by atoms with Crippen LogP contribution in [0.1, 0.15) is 91.9 Å². The highest BCUT2D eigenvalue weighted by Crippen LogP contribution is 2.25. The summed E-state index contributed by atoms with van der Waals surface area (Å²) in [6, 6.07) is 10.6. The maximum absolute atomic E-state index is 10.3. The molecule has 2 nitrogen and oxygen atoms in total. The standard InChI is InChI=1S/C16H26O2.C14H17P.C2H6.CH3Br/c17-16(18)14-10-4-2-1-3-7-11-15-12-8-5-6-9-13-15;1-4-12(3)11-13(5-2)15-14-9-7-6-8-10-14;2*1-2/h5-6,8,12,15H,1-4,7,9-11,13-14H2,(H,17,18);4-11,15H,2H2,1,3H3;1-2H3;1H3/p+1/b;12-4-,13-11+;;. The fraction of sp³-hybridized carbons (Fsp3) is 0.485. The van der Waals surface area contributed by atoms with E-state index in [0.29, 0.717) is 6.42 Å². The molecule has 0 amide bonds. The van der Waals surface area contributed by atoms with Crippen molar-refractivity contribution in [2.24, 2.45) is 5.92 Å². The van der Waals surface area contributed by atoms with Crippen molar-refractivity contribution in [1.29, 1.82) is 0 Å². The van der Waals surface area contributed by atoms with Crippen molar-refractivity contribution in [3.63, 3.8) is 0 Å². The zero-order chi connectivity index (χ0) is 28.2. The van der Waals surface area contributed by atoms with Gasteiger partial charge in [0.1, 0.15) is 0 Å². The van der Waals surface area contributed by atoms with E-state index >= 15 is 0 Å². The van der Waals surface area contributed by atoms with E-state index in [1.165, 1.54) is 61.1 Å². The second kappa shape index (κ2) is 28.9. The third kappa shape index (κ3) is 24.4. The number of hydrogen-bond donors (Lipinski definition) is 1. The molecule has 1 aromatic carbocycles. The minimum Gasteiger partial charge on any atom is -0.481 e. The zero-order valence-corrected chi connectivity index (χ0v) is 26.8. The van der Waals surface area contributed by atoms with Gasteiger partial charge in [0.2, 0.25) is 0 Å². The monoisotopic (exact) mass is 591 g/mol. The van der Waals surface area contributed by atoms with Crippen LogP contribution < -0.4 is 5.30 Å². The van der Waals surface area contributed by atoms with E-state index < -0.39 is 5.97 Å². The summed E-state index contributed by atoms with van der Waals surface area (Å²) in [4.78, 5) is 10.3. The molecule has 0 fully saturated rings. The SMILES string of the molecule is C=C/C(=C\C(C)=C/C)[PH2+]c1ccccc1.CBr.CC.O=C(O)CCCCCCCCC1C=CC=CCC1. The van der Waals surface area contributed by atoms with E-state index in [4.69, 9.17) is 5.11 Å². The van der Waals surface area contributed by atoms with Crippen LogP contribution in [0.5, 0.6) is 0 Å².